The summed E-state index contributed by atoms with van der Waals surface area (Å²) in [5.41, 5.74) is 2.36. The third-order valence-corrected chi connectivity index (χ3v) is 3.98. The van der Waals surface area contributed by atoms with Gasteiger partial charge < -0.3 is 14.3 Å². The number of nitrogens with one attached hydrogen (secondary N) is 1. The molecule has 23 heavy (non-hydrogen) atoms. The fraction of sp³-hybridized carbons (Fsp3) is 0.438. The van der Waals surface area contributed by atoms with Crippen LogP contribution < -0.4 is 10.2 Å². The molecule has 1 aliphatic rings. The molecule has 7 heteroatoms. The first-order valence-electron chi connectivity index (χ1n) is 7.74. The smallest absolute Gasteiger partial charge is 0.323 e. The zero-order chi connectivity index (χ0) is 16.4. The van der Waals surface area contributed by atoms with E-state index in [0.29, 0.717) is 18.9 Å². The van der Waals surface area contributed by atoms with Crippen LogP contribution in [0.15, 0.2) is 22.9 Å². The van der Waals surface area contributed by atoms with Crippen molar-refractivity contribution in [3.8, 4) is 0 Å². The molecule has 0 unspecified atom stereocenters. The minimum atomic E-state index is -0.167. The number of amides is 2. The molecule has 0 saturated heterocycles. The van der Waals surface area contributed by atoms with Gasteiger partial charge in [0.15, 0.2) is 5.82 Å². The Morgan fingerprint density at radius 1 is 1.48 bits per heavy atom. The van der Waals surface area contributed by atoms with Crippen molar-refractivity contribution in [2.75, 3.05) is 30.9 Å². The lowest BCUT2D eigenvalue weighted by Gasteiger charge is -2.30. The van der Waals surface area contributed by atoms with Gasteiger partial charge in [0.05, 0.1) is 6.54 Å². The van der Waals surface area contributed by atoms with E-state index in [2.05, 4.69) is 15.5 Å². The van der Waals surface area contributed by atoms with Gasteiger partial charge in [-0.2, -0.15) is 0 Å². The number of rotatable bonds is 3. The van der Waals surface area contributed by atoms with Gasteiger partial charge in [-0.25, -0.2) is 9.78 Å². The standard InChI is InChI=1S/C16H21N5O2/c1-4-12-9-14(19-23-12)18-16(22)21-8-6-11-5-7-17-15(20(2)3)13(11)10-21/h5,7,9H,4,6,8,10H2,1-3H3,(H,18,19,22). The number of fused-ring (bicyclic) bond motifs is 1. The highest BCUT2D eigenvalue weighted by atomic mass is 16.5. The Kier molecular flexibility index (Phi) is 4.18. The summed E-state index contributed by atoms with van der Waals surface area (Å²) in [6.07, 6.45) is 3.40. The monoisotopic (exact) mass is 315 g/mol. The Balaban J connectivity index is 1.74. The molecular weight excluding hydrogens is 294 g/mol. The van der Waals surface area contributed by atoms with Gasteiger partial charge in [0.2, 0.25) is 0 Å². The molecule has 0 aromatic carbocycles. The second-order valence-electron chi connectivity index (χ2n) is 5.80. The van der Waals surface area contributed by atoms with Crippen LogP contribution in [0.25, 0.3) is 0 Å². The summed E-state index contributed by atoms with van der Waals surface area (Å²) in [4.78, 5) is 20.6. The lowest BCUT2D eigenvalue weighted by atomic mass is 10.0. The number of aryl methyl sites for hydroxylation is 1. The van der Waals surface area contributed by atoms with Crippen LogP contribution in [-0.2, 0) is 19.4 Å². The molecule has 0 radical (unpaired) electrons. The number of aromatic nitrogens is 2. The normalized spacial score (nSPS) is 13.6. The highest BCUT2D eigenvalue weighted by molar-refractivity contribution is 5.88. The molecule has 0 atom stereocenters. The zero-order valence-electron chi connectivity index (χ0n) is 13.7. The number of carbonyl (C=O) groups is 1. The van der Waals surface area contributed by atoms with Crippen molar-refractivity contribution in [2.45, 2.75) is 26.3 Å². The van der Waals surface area contributed by atoms with Gasteiger partial charge in [-0.3, -0.25) is 5.32 Å². The third kappa shape index (κ3) is 3.13. The Bertz CT molecular complexity index is 710. The SMILES string of the molecule is CCc1cc(NC(=O)N2CCc3ccnc(N(C)C)c3C2)no1. The molecule has 1 N–H and O–H groups in total. The molecule has 7 nitrogen and oxygen atoms in total. The van der Waals surface area contributed by atoms with Crippen LogP contribution in [0.2, 0.25) is 0 Å². The number of urea groups is 1. The number of anilines is 2. The quantitative estimate of drug-likeness (QED) is 0.940. The summed E-state index contributed by atoms with van der Waals surface area (Å²) >= 11 is 0. The number of hydrogen-bond donors (Lipinski definition) is 1. The maximum Gasteiger partial charge on any atom is 0.323 e. The summed E-state index contributed by atoms with van der Waals surface area (Å²) in [5.74, 6) is 2.12. The Morgan fingerprint density at radius 3 is 3.00 bits per heavy atom. The molecule has 0 saturated carbocycles. The number of carbonyl (C=O) groups excluding carboxylic acids is 1. The average molecular weight is 315 g/mol. The van der Waals surface area contributed by atoms with Gasteiger partial charge in [0.25, 0.3) is 0 Å². The number of pyridine rings is 1. The first kappa shape index (κ1) is 15.3. The largest absolute Gasteiger partial charge is 0.362 e. The minimum absolute atomic E-state index is 0.167. The molecule has 2 aromatic heterocycles. The molecule has 2 amide bonds. The summed E-state index contributed by atoms with van der Waals surface area (Å²) in [5, 5.41) is 6.65. The Hall–Kier alpha value is -2.57. The number of hydrogen-bond acceptors (Lipinski definition) is 5. The molecule has 0 fully saturated rings. The van der Waals surface area contributed by atoms with Gasteiger partial charge in [0.1, 0.15) is 11.6 Å². The second-order valence-corrected chi connectivity index (χ2v) is 5.80. The first-order valence-corrected chi connectivity index (χ1v) is 7.74. The molecule has 0 bridgehead atoms. The predicted molar refractivity (Wildman–Crippen MR) is 87.6 cm³/mol. The average Bonchev–Trinajstić information content (AvgIpc) is 3.01. The van der Waals surface area contributed by atoms with Crippen molar-refractivity contribution in [1.29, 1.82) is 0 Å². The van der Waals surface area contributed by atoms with Crippen LogP contribution in [-0.4, -0.2) is 41.7 Å². The van der Waals surface area contributed by atoms with E-state index in [1.165, 1.54) is 5.56 Å². The van der Waals surface area contributed by atoms with Crippen molar-refractivity contribution in [2.24, 2.45) is 0 Å². The third-order valence-electron chi connectivity index (χ3n) is 3.98. The van der Waals surface area contributed by atoms with Crippen LogP contribution in [0.1, 0.15) is 23.8 Å². The van der Waals surface area contributed by atoms with Crippen molar-refractivity contribution < 1.29 is 9.32 Å². The minimum Gasteiger partial charge on any atom is -0.362 e. The van der Waals surface area contributed by atoms with Crippen LogP contribution in [0.5, 0.6) is 0 Å². The summed E-state index contributed by atoms with van der Waals surface area (Å²) in [7, 11) is 3.92. The van der Waals surface area contributed by atoms with E-state index in [4.69, 9.17) is 4.52 Å². The molecule has 3 heterocycles. The van der Waals surface area contributed by atoms with E-state index in [1.807, 2.05) is 38.2 Å². The van der Waals surface area contributed by atoms with E-state index in [9.17, 15) is 4.79 Å². The fourth-order valence-electron chi connectivity index (χ4n) is 2.74. The van der Waals surface area contributed by atoms with Crippen molar-refractivity contribution in [3.63, 3.8) is 0 Å². The zero-order valence-corrected chi connectivity index (χ0v) is 13.7. The van der Waals surface area contributed by atoms with Gasteiger partial charge in [0, 0.05) is 44.9 Å². The molecule has 3 rings (SSSR count). The fourth-order valence-corrected chi connectivity index (χ4v) is 2.74. The molecule has 122 valence electrons. The van der Waals surface area contributed by atoms with Crippen LogP contribution in [0.4, 0.5) is 16.4 Å². The van der Waals surface area contributed by atoms with E-state index >= 15 is 0 Å². The summed E-state index contributed by atoms with van der Waals surface area (Å²) in [6.45, 7) is 3.19. The molecule has 0 spiro atoms. The van der Waals surface area contributed by atoms with E-state index < -0.39 is 0 Å². The van der Waals surface area contributed by atoms with E-state index in [1.54, 1.807) is 11.0 Å². The lowest BCUT2D eigenvalue weighted by Crippen LogP contribution is -2.39. The van der Waals surface area contributed by atoms with Crippen LogP contribution in [0.3, 0.4) is 0 Å². The highest BCUT2D eigenvalue weighted by Crippen LogP contribution is 2.26. The van der Waals surface area contributed by atoms with Crippen LogP contribution in [0, 0.1) is 0 Å². The van der Waals surface area contributed by atoms with Gasteiger partial charge in [-0.15, -0.1) is 0 Å². The molecule has 1 aliphatic heterocycles. The van der Waals surface area contributed by atoms with Gasteiger partial charge >= 0.3 is 6.03 Å². The molecule has 0 aliphatic carbocycles. The van der Waals surface area contributed by atoms with E-state index in [-0.39, 0.29) is 6.03 Å². The summed E-state index contributed by atoms with van der Waals surface area (Å²) in [6, 6.07) is 3.62. The predicted octanol–water partition coefficient (Wildman–Crippen LogP) is 2.29. The van der Waals surface area contributed by atoms with Crippen molar-refractivity contribution in [1.82, 2.24) is 15.0 Å². The van der Waals surface area contributed by atoms with E-state index in [0.717, 1.165) is 30.0 Å². The van der Waals surface area contributed by atoms with Crippen molar-refractivity contribution in [3.05, 3.63) is 35.2 Å². The Labute approximate surface area is 135 Å². The maximum absolute atomic E-state index is 12.5. The molecular formula is C16H21N5O2. The second kappa shape index (κ2) is 6.28. The highest BCUT2D eigenvalue weighted by Gasteiger charge is 2.24. The number of nitrogens with zero attached hydrogens (tertiary/aromatic N) is 4. The summed E-state index contributed by atoms with van der Waals surface area (Å²) < 4.78 is 5.11. The van der Waals surface area contributed by atoms with Crippen LogP contribution >= 0.6 is 0 Å². The lowest BCUT2D eigenvalue weighted by molar-refractivity contribution is 0.206. The van der Waals surface area contributed by atoms with Crippen molar-refractivity contribution >= 4 is 17.7 Å². The van der Waals surface area contributed by atoms with Gasteiger partial charge in [-0.1, -0.05) is 12.1 Å². The van der Waals surface area contributed by atoms with Gasteiger partial charge in [-0.05, 0) is 18.1 Å². The first-order chi connectivity index (χ1) is 11.1. The maximum atomic E-state index is 12.5. The topological polar surface area (TPSA) is 74.5 Å². The Morgan fingerprint density at radius 2 is 2.30 bits per heavy atom. The molecule has 2 aromatic rings.